The van der Waals surface area contributed by atoms with Crippen molar-refractivity contribution in [3.63, 3.8) is 0 Å². The van der Waals surface area contributed by atoms with Crippen molar-refractivity contribution in [2.24, 2.45) is 0 Å². The number of aryl methyl sites for hydroxylation is 1. The van der Waals surface area contributed by atoms with E-state index in [1.54, 1.807) is 0 Å². The molecule has 0 aliphatic heterocycles. The van der Waals surface area contributed by atoms with Gasteiger partial charge < -0.3 is 0 Å². The Morgan fingerprint density at radius 2 is 0.857 bits per heavy atom. The molecule has 0 atom stereocenters. The highest BCUT2D eigenvalue weighted by Crippen LogP contribution is 2.27. The van der Waals surface area contributed by atoms with Crippen molar-refractivity contribution in [3.8, 4) is 22.3 Å². The Labute approximate surface area is 128 Å². The summed E-state index contributed by atoms with van der Waals surface area (Å²) >= 11 is 0. The van der Waals surface area contributed by atoms with Crippen molar-refractivity contribution in [1.82, 2.24) is 0 Å². The van der Waals surface area contributed by atoms with Gasteiger partial charge in [0, 0.05) is 0 Å². The summed E-state index contributed by atoms with van der Waals surface area (Å²) in [5, 5.41) is 0. The second-order valence-corrected chi connectivity index (χ2v) is 4.82. The minimum Gasteiger partial charge on any atom is -0.0683 e. The van der Waals surface area contributed by atoms with Crippen molar-refractivity contribution >= 4 is 0 Å². The highest BCUT2D eigenvalue weighted by Gasteiger charge is 2.02. The molecule has 0 spiro atoms. The van der Waals surface area contributed by atoms with E-state index >= 15 is 0 Å². The van der Waals surface area contributed by atoms with Crippen LogP contribution in [0.15, 0.2) is 78.9 Å². The Kier molecular flexibility index (Phi) is 5.34. The third kappa shape index (κ3) is 3.82. The second kappa shape index (κ2) is 7.44. The van der Waals surface area contributed by atoms with Crippen molar-refractivity contribution in [2.75, 3.05) is 0 Å². The van der Waals surface area contributed by atoms with Gasteiger partial charge in [-0.15, -0.1) is 0 Å². The SMILES string of the molecule is CC.Cc1cc(-c2ccccc2)cc(-c2ccccc2)c1. The van der Waals surface area contributed by atoms with Crippen molar-refractivity contribution in [2.45, 2.75) is 20.8 Å². The van der Waals surface area contributed by atoms with Gasteiger partial charge in [-0.05, 0) is 40.8 Å². The third-order valence-corrected chi connectivity index (χ3v) is 3.29. The zero-order chi connectivity index (χ0) is 15.1. The van der Waals surface area contributed by atoms with Crippen LogP contribution in [0.4, 0.5) is 0 Å². The van der Waals surface area contributed by atoms with Gasteiger partial charge in [0.2, 0.25) is 0 Å². The maximum absolute atomic E-state index is 2.26. The predicted octanol–water partition coefficient (Wildman–Crippen LogP) is 6.36. The van der Waals surface area contributed by atoms with E-state index in [0.29, 0.717) is 0 Å². The molecule has 3 aromatic rings. The molecule has 0 amide bonds. The van der Waals surface area contributed by atoms with Crippen molar-refractivity contribution < 1.29 is 0 Å². The molecule has 21 heavy (non-hydrogen) atoms. The Balaban J connectivity index is 0.000000774. The molecular weight excluding hydrogens is 252 g/mol. The topological polar surface area (TPSA) is 0 Å². The second-order valence-electron chi connectivity index (χ2n) is 4.82. The lowest BCUT2D eigenvalue weighted by atomic mass is 9.97. The van der Waals surface area contributed by atoms with Crippen LogP contribution in [-0.2, 0) is 0 Å². The fourth-order valence-corrected chi connectivity index (χ4v) is 2.38. The number of hydrogen-bond donors (Lipinski definition) is 0. The summed E-state index contributed by atoms with van der Waals surface area (Å²) in [6, 6.07) is 27.8. The molecule has 0 bridgehead atoms. The van der Waals surface area contributed by atoms with Gasteiger partial charge in [-0.3, -0.25) is 0 Å². The standard InChI is InChI=1S/C19H16.C2H6/c1-15-12-18(16-8-4-2-5-9-16)14-19(13-15)17-10-6-3-7-11-17;1-2/h2-14H,1H3;1-2H3. The van der Waals surface area contributed by atoms with E-state index < -0.39 is 0 Å². The monoisotopic (exact) mass is 274 g/mol. The van der Waals surface area contributed by atoms with Gasteiger partial charge in [-0.25, -0.2) is 0 Å². The Morgan fingerprint density at radius 3 is 1.24 bits per heavy atom. The van der Waals surface area contributed by atoms with Crippen LogP contribution in [0.25, 0.3) is 22.3 Å². The lowest BCUT2D eigenvalue weighted by Gasteiger charge is -2.08. The zero-order valence-corrected chi connectivity index (χ0v) is 13.0. The van der Waals surface area contributed by atoms with Crippen LogP contribution in [0.5, 0.6) is 0 Å². The minimum atomic E-state index is 1.27. The van der Waals surface area contributed by atoms with E-state index in [-0.39, 0.29) is 0 Å². The first-order chi connectivity index (χ1) is 10.3. The first-order valence-corrected chi connectivity index (χ1v) is 7.55. The Morgan fingerprint density at radius 1 is 0.476 bits per heavy atom. The summed E-state index contributed by atoms with van der Waals surface area (Å²) in [5.74, 6) is 0. The van der Waals surface area contributed by atoms with Gasteiger partial charge in [0.15, 0.2) is 0 Å². The molecule has 106 valence electrons. The number of rotatable bonds is 2. The lowest BCUT2D eigenvalue weighted by molar-refractivity contribution is 1.46. The van der Waals surface area contributed by atoms with Gasteiger partial charge in [0.1, 0.15) is 0 Å². The largest absolute Gasteiger partial charge is 0.0683 e. The summed E-state index contributed by atoms with van der Waals surface area (Å²) in [4.78, 5) is 0. The fraction of sp³-hybridized carbons (Fsp3) is 0.143. The predicted molar refractivity (Wildman–Crippen MR) is 93.4 cm³/mol. The van der Waals surface area contributed by atoms with Crippen LogP contribution in [0, 0.1) is 6.92 Å². The lowest BCUT2D eigenvalue weighted by Crippen LogP contribution is -1.84. The van der Waals surface area contributed by atoms with E-state index in [9.17, 15) is 0 Å². The van der Waals surface area contributed by atoms with Crippen LogP contribution >= 0.6 is 0 Å². The first kappa shape index (κ1) is 15.1. The molecule has 0 saturated heterocycles. The quantitative estimate of drug-likeness (QED) is 0.510. The van der Waals surface area contributed by atoms with Gasteiger partial charge in [0.25, 0.3) is 0 Å². The van der Waals surface area contributed by atoms with Crippen molar-refractivity contribution in [3.05, 3.63) is 84.4 Å². The fourth-order valence-electron chi connectivity index (χ4n) is 2.38. The molecule has 0 radical (unpaired) electrons. The van der Waals surface area contributed by atoms with Crippen LogP contribution in [-0.4, -0.2) is 0 Å². The summed E-state index contributed by atoms with van der Waals surface area (Å²) in [5.41, 5.74) is 6.38. The van der Waals surface area contributed by atoms with E-state index in [1.165, 1.54) is 27.8 Å². The maximum Gasteiger partial charge on any atom is -0.0175 e. The molecule has 0 heteroatoms. The normalized spacial score (nSPS) is 9.67. The van der Waals surface area contributed by atoms with Gasteiger partial charge >= 0.3 is 0 Å². The molecule has 3 aromatic carbocycles. The average molecular weight is 274 g/mol. The van der Waals surface area contributed by atoms with E-state index in [2.05, 4.69) is 85.8 Å². The highest BCUT2D eigenvalue weighted by atomic mass is 14.1. The minimum absolute atomic E-state index is 1.27. The van der Waals surface area contributed by atoms with Gasteiger partial charge in [0.05, 0.1) is 0 Å². The van der Waals surface area contributed by atoms with Gasteiger partial charge in [-0.1, -0.05) is 86.6 Å². The number of benzene rings is 3. The first-order valence-electron chi connectivity index (χ1n) is 7.55. The summed E-state index contributed by atoms with van der Waals surface area (Å²) in [7, 11) is 0. The molecule has 0 heterocycles. The Hall–Kier alpha value is -2.34. The molecule has 0 fully saturated rings. The van der Waals surface area contributed by atoms with Crippen LogP contribution in [0.2, 0.25) is 0 Å². The van der Waals surface area contributed by atoms with Crippen LogP contribution in [0.3, 0.4) is 0 Å². The van der Waals surface area contributed by atoms with Gasteiger partial charge in [-0.2, -0.15) is 0 Å². The zero-order valence-electron chi connectivity index (χ0n) is 13.0. The van der Waals surface area contributed by atoms with Crippen LogP contribution in [0.1, 0.15) is 19.4 Å². The number of hydrogen-bond acceptors (Lipinski definition) is 0. The molecule has 0 saturated carbocycles. The average Bonchev–Trinajstić information content (AvgIpc) is 2.58. The molecular formula is C21H22. The summed E-state index contributed by atoms with van der Waals surface area (Å²) < 4.78 is 0. The molecule has 0 aromatic heterocycles. The molecule has 0 unspecified atom stereocenters. The molecule has 0 aliphatic carbocycles. The Bertz CT molecular complexity index is 609. The molecule has 0 aliphatic rings. The van der Waals surface area contributed by atoms with E-state index in [4.69, 9.17) is 0 Å². The molecule has 0 N–H and O–H groups in total. The van der Waals surface area contributed by atoms with E-state index in [0.717, 1.165) is 0 Å². The summed E-state index contributed by atoms with van der Waals surface area (Å²) in [6.45, 7) is 6.15. The van der Waals surface area contributed by atoms with E-state index in [1.807, 2.05) is 13.8 Å². The molecule has 0 nitrogen and oxygen atoms in total. The highest BCUT2D eigenvalue weighted by molar-refractivity contribution is 5.74. The third-order valence-electron chi connectivity index (χ3n) is 3.29. The van der Waals surface area contributed by atoms with Crippen molar-refractivity contribution in [1.29, 1.82) is 0 Å². The molecule has 3 rings (SSSR count). The van der Waals surface area contributed by atoms with Crippen LogP contribution < -0.4 is 0 Å². The summed E-state index contributed by atoms with van der Waals surface area (Å²) in [6.07, 6.45) is 0. The smallest absolute Gasteiger partial charge is 0.0175 e. The maximum atomic E-state index is 2.26.